The lowest BCUT2D eigenvalue weighted by Gasteiger charge is -2.15. The van der Waals surface area contributed by atoms with Gasteiger partial charge in [-0.1, -0.05) is 23.7 Å². The Kier molecular flexibility index (Phi) is 3.40. The van der Waals surface area contributed by atoms with Crippen LogP contribution in [0.1, 0.15) is 18.1 Å². The van der Waals surface area contributed by atoms with Crippen LogP contribution in [0.5, 0.6) is 0 Å². The summed E-state index contributed by atoms with van der Waals surface area (Å²) in [6.07, 6.45) is 1.23. The molecule has 1 saturated heterocycles. The summed E-state index contributed by atoms with van der Waals surface area (Å²) in [7, 11) is 0. The maximum absolute atomic E-state index is 5.93. The van der Waals surface area contributed by atoms with Gasteiger partial charge in [0.2, 0.25) is 0 Å². The summed E-state index contributed by atoms with van der Waals surface area (Å²) in [5.74, 6) is 0. The van der Waals surface area contributed by atoms with Crippen LogP contribution in [0.15, 0.2) is 24.3 Å². The molecule has 3 heteroatoms. The summed E-state index contributed by atoms with van der Waals surface area (Å²) in [6, 6.07) is 7.88. The third-order valence-electron chi connectivity index (χ3n) is 2.37. The van der Waals surface area contributed by atoms with Crippen molar-refractivity contribution < 1.29 is 4.74 Å². The lowest BCUT2D eigenvalue weighted by molar-refractivity contribution is 0.0669. The van der Waals surface area contributed by atoms with Crippen molar-refractivity contribution in [2.75, 3.05) is 19.7 Å². The Balaban J connectivity index is 2.12. The van der Waals surface area contributed by atoms with Crippen molar-refractivity contribution in [3.63, 3.8) is 0 Å². The highest BCUT2D eigenvalue weighted by atomic mass is 35.5. The first-order valence-corrected chi connectivity index (χ1v) is 5.32. The van der Waals surface area contributed by atoms with E-state index in [1.807, 2.05) is 18.2 Å². The van der Waals surface area contributed by atoms with Gasteiger partial charge >= 0.3 is 0 Å². The molecule has 76 valence electrons. The van der Waals surface area contributed by atoms with Crippen LogP contribution in [0.2, 0.25) is 5.02 Å². The van der Waals surface area contributed by atoms with Crippen molar-refractivity contribution in [1.29, 1.82) is 0 Å². The van der Waals surface area contributed by atoms with Crippen LogP contribution >= 0.6 is 11.6 Å². The minimum absolute atomic E-state index is 0.149. The summed E-state index contributed by atoms with van der Waals surface area (Å²) in [5, 5.41) is 4.12. The van der Waals surface area contributed by atoms with Crippen LogP contribution in [0, 0.1) is 0 Å². The summed E-state index contributed by atoms with van der Waals surface area (Å²) < 4.78 is 5.72. The third kappa shape index (κ3) is 2.47. The molecule has 2 rings (SSSR count). The second kappa shape index (κ2) is 4.78. The first-order valence-electron chi connectivity index (χ1n) is 4.94. The van der Waals surface area contributed by atoms with Gasteiger partial charge in [-0.15, -0.1) is 0 Å². The molecule has 1 atom stereocenters. The third-order valence-corrected chi connectivity index (χ3v) is 2.60. The maximum atomic E-state index is 5.93. The Morgan fingerprint density at radius 2 is 2.36 bits per heavy atom. The molecular formula is C11H14ClNO. The first kappa shape index (κ1) is 9.97. The van der Waals surface area contributed by atoms with Gasteiger partial charge in [-0.2, -0.15) is 0 Å². The highest BCUT2D eigenvalue weighted by molar-refractivity contribution is 6.30. The van der Waals surface area contributed by atoms with E-state index in [0.717, 1.165) is 36.7 Å². The molecule has 0 spiro atoms. The van der Waals surface area contributed by atoms with Crippen LogP contribution in [-0.4, -0.2) is 19.7 Å². The van der Waals surface area contributed by atoms with E-state index in [4.69, 9.17) is 16.3 Å². The zero-order valence-electron chi connectivity index (χ0n) is 8.00. The molecule has 1 aromatic carbocycles. The number of ether oxygens (including phenoxy) is 1. The van der Waals surface area contributed by atoms with Gasteiger partial charge in [-0.05, 0) is 30.7 Å². The number of hydrogen-bond acceptors (Lipinski definition) is 2. The molecule has 0 radical (unpaired) electrons. The average molecular weight is 212 g/mol. The molecule has 1 heterocycles. The topological polar surface area (TPSA) is 21.3 Å². The van der Waals surface area contributed by atoms with Crippen LogP contribution in [-0.2, 0) is 4.74 Å². The highest BCUT2D eigenvalue weighted by Gasteiger charge is 2.14. The molecule has 0 aromatic heterocycles. The van der Waals surface area contributed by atoms with E-state index in [0.29, 0.717) is 0 Å². The molecule has 0 saturated carbocycles. The SMILES string of the molecule is Clc1cccc(C2CNCCCO2)c1. The molecule has 1 aromatic rings. The van der Waals surface area contributed by atoms with E-state index in [2.05, 4.69) is 11.4 Å². The Morgan fingerprint density at radius 3 is 3.21 bits per heavy atom. The minimum atomic E-state index is 0.149. The molecule has 0 amide bonds. The summed E-state index contributed by atoms with van der Waals surface area (Å²) in [4.78, 5) is 0. The lowest BCUT2D eigenvalue weighted by atomic mass is 10.1. The van der Waals surface area contributed by atoms with E-state index < -0.39 is 0 Å². The zero-order valence-corrected chi connectivity index (χ0v) is 8.76. The fraction of sp³-hybridized carbons (Fsp3) is 0.455. The molecule has 2 nitrogen and oxygen atoms in total. The summed E-state index contributed by atoms with van der Waals surface area (Å²) >= 11 is 5.93. The monoisotopic (exact) mass is 211 g/mol. The molecule has 0 bridgehead atoms. The second-order valence-corrected chi connectivity index (χ2v) is 3.91. The van der Waals surface area contributed by atoms with Crippen molar-refractivity contribution in [2.24, 2.45) is 0 Å². The fourth-order valence-corrected chi connectivity index (χ4v) is 1.83. The van der Waals surface area contributed by atoms with Crippen molar-refractivity contribution in [3.05, 3.63) is 34.9 Å². The normalized spacial score (nSPS) is 23.1. The minimum Gasteiger partial charge on any atom is -0.372 e. The van der Waals surface area contributed by atoms with Crippen LogP contribution < -0.4 is 5.32 Å². The van der Waals surface area contributed by atoms with Gasteiger partial charge < -0.3 is 10.1 Å². The van der Waals surface area contributed by atoms with E-state index >= 15 is 0 Å². The highest BCUT2D eigenvalue weighted by Crippen LogP contribution is 2.21. The van der Waals surface area contributed by atoms with E-state index in [-0.39, 0.29) is 6.10 Å². The molecule has 0 aliphatic carbocycles. The lowest BCUT2D eigenvalue weighted by Crippen LogP contribution is -2.19. The van der Waals surface area contributed by atoms with Gasteiger partial charge in [0.15, 0.2) is 0 Å². The van der Waals surface area contributed by atoms with Crippen molar-refractivity contribution >= 4 is 11.6 Å². The molecule has 1 fully saturated rings. The molecule has 1 N–H and O–H groups in total. The van der Waals surface area contributed by atoms with Crippen LogP contribution in [0.25, 0.3) is 0 Å². The van der Waals surface area contributed by atoms with Gasteiger partial charge in [0.05, 0.1) is 6.10 Å². The predicted molar refractivity (Wildman–Crippen MR) is 57.6 cm³/mol. The zero-order chi connectivity index (χ0) is 9.80. The molecule has 1 aliphatic heterocycles. The number of rotatable bonds is 1. The van der Waals surface area contributed by atoms with E-state index in [1.54, 1.807) is 0 Å². The number of hydrogen-bond donors (Lipinski definition) is 1. The fourth-order valence-electron chi connectivity index (χ4n) is 1.64. The van der Waals surface area contributed by atoms with Crippen molar-refractivity contribution in [3.8, 4) is 0 Å². The molecular weight excluding hydrogens is 198 g/mol. The Hall–Kier alpha value is -0.570. The van der Waals surface area contributed by atoms with Crippen LogP contribution in [0.4, 0.5) is 0 Å². The maximum Gasteiger partial charge on any atom is 0.0949 e. The standard InChI is InChI=1S/C11H14ClNO/c12-10-4-1-3-9(7-10)11-8-13-5-2-6-14-11/h1,3-4,7,11,13H,2,5-6,8H2. The molecule has 1 unspecified atom stereocenters. The van der Waals surface area contributed by atoms with Crippen LogP contribution in [0.3, 0.4) is 0 Å². The second-order valence-electron chi connectivity index (χ2n) is 3.47. The number of nitrogens with one attached hydrogen (secondary N) is 1. The van der Waals surface area contributed by atoms with Gasteiger partial charge in [0, 0.05) is 18.2 Å². The Labute approximate surface area is 89.2 Å². The number of halogens is 1. The van der Waals surface area contributed by atoms with Gasteiger partial charge in [0.25, 0.3) is 0 Å². The molecule has 14 heavy (non-hydrogen) atoms. The largest absolute Gasteiger partial charge is 0.372 e. The van der Waals surface area contributed by atoms with Gasteiger partial charge in [-0.3, -0.25) is 0 Å². The smallest absolute Gasteiger partial charge is 0.0949 e. The molecule has 1 aliphatic rings. The Morgan fingerprint density at radius 1 is 1.43 bits per heavy atom. The van der Waals surface area contributed by atoms with E-state index in [9.17, 15) is 0 Å². The quantitative estimate of drug-likeness (QED) is 0.770. The van der Waals surface area contributed by atoms with Crippen molar-refractivity contribution in [1.82, 2.24) is 5.32 Å². The average Bonchev–Trinajstić information content (AvgIpc) is 2.45. The predicted octanol–water partition coefficient (Wildman–Crippen LogP) is 2.39. The summed E-state index contributed by atoms with van der Waals surface area (Å²) in [6.45, 7) is 2.74. The summed E-state index contributed by atoms with van der Waals surface area (Å²) in [5.41, 5.74) is 1.16. The van der Waals surface area contributed by atoms with E-state index in [1.165, 1.54) is 0 Å². The number of benzene rings is 1. The first-order chi connectivity index (χ1) is 6.86. The van der Waals surface area contributed by atoms with Crippen molar-refractivity contribution in [2.45, 2.75) is 12.5 Å². The van der Waals surface area contributed by atoms with Gasteiger partial charge in [0.1, 0.15) is 0 Å². The van der Waals surface area contributed by atoms with Gasteiger partial charge in [-0.25, -0.2) is 0 Å². The Bertz CT molecular complexity index is 295.